The fourth-order valence-corrected chi connectivity index (χ4v) is 5.06. The Morgan fingerprint density at radius 3 is 2.78 bits per heavy atom. The van der Waals surface area contributed by atoms with Crippen molar-refractivity contribution in [2.24, 2.45) is 4.99 Å². The Hall–Kier alpha value is -1.73. The van der Waals surface area contributed by atoms with Crippen LogP contribution in [0.25, 0.3) is 10.6 Å². The van der Waals surface area contributed by atoms with E-state index in [4.69, 9.17) is 14.7 Å². The molecule has 0 spiro atoms. The molecule has 3 rings (SSSR count). The maximum Gasteiger partial charge on any atom is 0.191 e. The standard InChI is InChI=1S/C20H28N4OS2/c1-4-21-19(23-14-20(2)10-5-11-27-20)22-12-16-13-26-18(24-16)15-6-8-17(25-3)9-7-15/h6-9,13H,4-5,10-12,14H2,1-3H3,(H2,21,22,23). The molecule has 1 aliphatic heterocycles. The normalized spacial score (nSPS) is 19.9. The summed E-state index contributed by atoms with van der Waals surface area (Å²) in [6.45, 7) is 6.80. The van der Waals surface area contributed by atoms with Gasteiger partial charge in [-0.3, -0.25) is 0 Å². The van der Waals surface area contributed by atoms with Crippen molar-refractivity contribution in [1.82, 2.24) is 15.6 Å². The van der Waals surface area contributed by atoms with Crippen molar-refractivity contribution in [3.8, 4) is 16.3 Å². The van der Waals surface area contributed by atoms with Crippen molar-refractivity contribution in [3.05, 3.63) is 35.3 Å². The molecule has 0 amide bonds. The largest absolute Gasteiger partial charge is 0.497 e. The van der Waals surface area contributed by atoms with Crippen LogP contribution in [-0.4, -0.2) is 41.6 Å². The van der Waals surface area contributed by atoms with Gasteiger partial charge >= 0.3 is 0 Å². The van der Waals surface area contributed by atoms with Gasteiger partial charge in [0.05, 0.1) is 19.3 Å². The molecule has 2 N–H and O–H groups in total. The van der Waals surface area contributed by atoms with Crippen molar-refractivity contribution < 1.29 is 4.74 Å². The third kappa shape index (κ3) is 5.62. The number of nitrogens with zero attached hydrogens (tertiary/aromatic N) is 2. The van der Waals surface area contributed by atoms with E-state index in [1.165, 1.54) is 18.6 Å². The first-order chi connectivity index (χ1) is 13.1. The number of guanidine groups is 1. The molecule has 0 saturated carbocycles. The highest BCUT2D eigenvalue weighted by atomic mass is 32.2. The SMILES string of the molecule is CCNC(=NCc1csc(-c2ccc(OC)cc2)n1)NCC1(C)CCCS1. The van der Waals surface area contributed by atoms with Gasteiger partial charge in [0.15, 0.2) is 5.96 Å². The monoisotopic (exact) mass is 404 g/mol. The molecular formula is C20H28N4OS2. The van der Waals surface area contributed by atoms with Gasteiger partial charge in [0.2, 0.25) is 0 Å². The first-order valence-corrected chi connectivity index (χ1v) is 11.2. The average molecular weight is 405 g/mol. The van der Waals surface area contributed by atoms with Crippen molar-refractivity contribution in [2.45, 2.75) is 38.0 Å². The van der Waals surface area contributed by atoms with Gasteiger partial charge in [0.25, 0.3) is 0 Å². The Balaban J connectivity index is 1.61. The highest BCUT2D eigenvalue weighted by Gasteiger charge is 2.29. The number of thiazole rings is 1. The summed E-state index contributed by atoms with van der Waals surface area (Å²) in [5.41, 5.74) is 2.09. The molecule has 0 bridgehead atoms. The van der Waals surface area contributed by atoms with Gasteiger partial charge in [-0.25, -0.2) is 9.98 Å². The summed E-state index contributed by atoms with van der Waals surface area (Å²) in [7, 11) is 1.68. The van der Waals surface area contributed by atoms with E-state index < -0.39 is 0 Å². The zero-order chi connectivity index (χ0) is 19.1. The van der Waals surface area contributed by atoms with E-state index in [9.17, 15) is 0 Å². The van der Waals surface area contributed by atoms with E-state index in [1.807, 2.05) is 24.3 Å². The Morgan fingerprint density at radius 1 is 1.30 bits per heavy atom. The number of methoxy groups -OCH3 is 1. The second-order valence-electron chi connectivity index (χ2n) is 6.82. The number of aromatic nitrogens is 1. The smallest absolute Gasteiger partial charge is 0.191 e. The number of nitrogens with one attached hydrogen (secondary N) is 2. The Morgan fingerprint density at radius 2 is 2.11 bits per heavy atom. The van der Waals surface area contributed by atoms with Gasteiger partial charge in [0, 0.05) is 28.8 Å². The molecule has 2 heterocycles. The van der Waals surface area contributed by atoms with Gasteiger partial charge in [-0.15, -0.1) is 11.3 Å². The fourth-order valence-electron chi connectivity index (χ4n) is 2.99. The van der Waals surface area contributed by atoms with Gasteiger partial charge in [-0.2, -0.15) is 11.8 Å². The molecular weight excluding hydrogens is 376 g/mol. The lowest BCUT2D eigenvalue weighted by molar-refractivity contribution is 0.415. The summed E-state index contributed by atoms with van der Waals surface area (Å²) in [4.78, 5) is 9.45. The average Bonchev–Trinajstić information content (AvgIpc) is 3.34. The minimum absolute atomic E-state index is 0.318. The van der Waals surface area contributed by atoms with E-state index in [0.29, 0.717) is 11.3 Å². The summed E-state index contributed by atoms with van der Waals surface area (Å²) >= 11 is 3.71. The van der Waals surface area contributed by atoms with Crippen LogP contribution in [0.3, 0.4) is 0 Å². The number of hydrogen-bond acceptors (Lipinski definition) is 5. The van der Waals surface area contributed by atoms with Gasteiger partial charge in [-0.05, 0) is 56.7 Å². The number of benzene rings is 1. The number of thioether (sulfide) groups is 1. The maximum atomic E-state index is 5.21. The lowest BCUT2D eigenvalue weighted by Gasteiger charge is -2.24. The molecule has 2 aromatic rings. The molecule has 0 aliphatic carbocycles. The predicted octanol–water partition coefficient (Wildman–Crippen LogP) is 4.16. The van der Waals surface area contributed by atoms with Crippen molar-refractivity contribution >= 4 is 29.1 Å². The molecule has 1 unspecified atom stereocenters. The quantitative estimate of drug-likeness (QED) is 0.536. The Labute approximate surface area is 170 Å². The van der Waals surface area contributed by atoms with Crippen LogP contribution in [0.4, 0.5) is 0 Å². The molecule has 146 valence electrons. The zero-order valence-electron chi connectivity index (χ0n) is 16.2. The Kier molecular flexibility index (Phi) is 7.01. The molecule has 1 aromatic carbocycles. The summed E-state index contributed by atoms with van der Waals surface area (Å²) in [6, 6.07) is 8.00. The highest BCUT2D eigenvalue weighted by molar-refractivity contribution is 8.00. The molecule has 0 radical (unpaired) electrons. The third-order valence-electron chi connectivity index (χ3n) is 4.56. The van der Waals surface area contributed by atoms with E-state index in [2.05, 4.69) is 41.6 Å². The first-order valence-electron chi connectivity index (χ1n) is 9.37. The lowest BCUT2D eigenvalue weighted by Crippen LogP contribution is -2.43. The lowest BCUT2D eigenvalue weighted by atomic mass is 10.1. The summed E-state index contributed by atoms with van der Waals surface area (Å²) < 4.78 is 5.53. The van der Waals surface area contributed by atoms with Gasteiger partial charge < -0.3 is 15.4 Å². The first kappa shape index (κ1) is 20.0. The second kappa shape index (κ2) is 9.46. The minimum Gasteiger partial charge on any atom is -0.497 e. The van der Waals surface area contributed by atoms with Crippen LogP contribution in [0.1, 0.15) is 32.4 Å². The molecule has 1 aliphatic rings. The molecule has 7 heteroatoms. The molecule has 5 nitrogen and oxygen atoms in total. The summed E-state index contributed by atoms with van der Waals surface area (Å²) in [5, 5.41) is 9.93. The van der Waals surface area contributed by atoms with E-state index in [0.717, 1.165) is 41.1 Å². The number of aliphatic imine (C=N–C) groups is 1. The minimum atomic E-state index is 0.318. The Bertz CT molecular complexity index is 752. The van der Waals surface area contributed by atoms with Crippen molar-refractivity contribution in [2.75, 3.05) is 26.0 Å². The summed E-state index contributed by atoms with van der Waals surface area (Å²) in [6.07, 6.45) is 2.57. The van der Waals surface area contributed by atoms with Crippen LogP contribution in [0.2, 0.25) is 0 Å². The predicted molar refractivity (Wildman–Crippen MR) is 117 cm³/mol. The van der Waals surface area contributed by atoms with Crippen molar-refractivity contribution in [1.29, 1.82) is 0 Å². The molecule has 1 aromatic heterocycles. The van der Waals surface area contributed by atoms with Crippen LogP contribution in [0.15, 0.2) is 34.6 Å². The van der Waals surface area contributed by atoms with Crippen LogP contribution in [0, 0.1) is 0 Å². The van der Waals surface area contributed by atoms with Crippen LogP contribution < -0.4 is 15.4 Å². The van der Waals surface area contributed by atoms with E-state index in [-0.39, 0.29) is 0 Å². The fraction of sp³-hybridized carbons (Fsp3) is 0.500. The molecule has 1 saturated heterocycles. The van der Waals surface area contributed by atoms with Gasteiger partial charge in [-0.1, -0.05) is 0 Å². The van der Waals surface area contributed by atoms with Gasteiger partial charge in [0.1, 0.15) is 10.8 Å². The molecule has 27 heavy (non-hydrogen) atoms. The number of rotatable bonds is 7. The van der Waals surface area contributed by atoms with Crippen LogP contribution in [0.5, 0.6) is 5.75 Å². The van der Waals surface area contributed by atoms with Crippen molar-refractivity contribution in [3.63, 3.8) is 0 Å². The van der Waals surface area contributed by atoms with Crippen LogP contribution in [-0.2, 0) is 6.54 Å². The van der Waals surface area contributed by atoms with Crippen LogP contribution >= 0.6 is 23.1 Å². The van der Waals surface area contributed by atoms with E-state index >= 15 is 0 Å². The number of ether oxygens (including phenoxy) is 1. The second-order valence-corrected chi connectivity index (χ2v) is 9.36. The summed E-state index contributed by atoms with van der Waals surface area (Å²) in [5.74, 6) is 2.99. The highest BCUT2D eigenvalue weighted by Crippen LogP contribution is 2.36. The molecule has 1 atom stereocenters. The maximum absolute atomic E-state index is 5.21. The van der Waals surface area contributed by atoms with E-state index in [1.54, 1.807) is 18.4 Å². The number of hydrogen-bond donors (Lipinski definition) is 2. The topological polar surface area (TPSA) is 58.5 Å². The molecule has 1 fully saturated rings. The zero-order valence-corrected chi connectivity index (χ0v) is 17.9. The third-order valence-corrected chi connectivity index (χ3v) is 7.04.